The number of rotatable bonds is 4. The number of hydrogen-bond donors (Lipinski definition) is 0. The molecule has 0 aliphatic carbocycles. The molecule has 3 nitrogen and oxygen atoms in total. The topological polar surface area (TPSA) is 35.5 Å². The molecular weight excluding hydrogens is 419 g/mol. The van der Waals surface area contributed by atoms with Crippen molar-refractivity contribution in [1.82, 2.24) is 0 Å². The smallest absolute Gasteiger partial charge is 0.231 e. The maximum atomic E-state index is 12.6. The Morgan fingerprint density at radius 2 is 1.75 bits per heavy atom. The molecule has 140 valence electrons. The first-order chi connectivity index (χ1) is 13.5. The van der Waals surface area contributed by atoms with Gasteiger partial charge < -0.3 is 9.47 Å². The highest BCUT2D eigenvalue weighted by atomic mass is 35.5. The Balaban J connectivity index is 1.53. The summed E-state index contributed by atoms with van der Waals surface area (Å²) in [6.45, 7) is 0.358. The molecule has 0 saturated heterocycles. The van der Waals surface area contributed by atoms with Gasteiger partial charge in [0.25, 0.3) is 0 Å². The van der Waals surface area contributed by atoms with Crippen LogP contribution >= 0.6 is 34.8 Å². The maximum absolute atomic E-state index is 12.6. The number of benzene rings is 3. The van der Waals surface area contributed by atoms with Crippen LogP contribution in [0.2, 0.25) is 15.1 Å². The van der Waals surface area contributed by atoms with Crippen molar-refractivity contribution >= 4 is 46.7 Å². The van der Waals surface area contributed by atoms with E-state index in [9.17, 15) is 4.79 Å². The summed E-state index contributed by atoms with van der Waals surface area (Å²) in [6, 6.07) is 17.6. The number of halogens is 3. The number of ether oxygens (including phenoxy) is 2. The molecule has 1 heterocycles. The van der Waals surface area contributed by atoms with E-state index in [0.29, 0.717) is 44.3 Å². The SMILES string of the molecule is O=C1C(=Cc2ccc(Cl)cc2Cl)Oc2cc(OCc3cccc(Cl)c3)ccc21. The second-order valence-corrected chi connectivity index (χ2v) is 7.46. The van der Waals surface area contributed by atoms with E-state index >= 15 is 0 Å². The lowest BCUT2D eigenvalue weighted by Gasteiger charge is -2.07. The van der Waals surface area contributed by atoms with Crippen molar-refractivity contribution in [2.24, 2.45) is 0 Å². The Bertz CT molecular complexity index is 1110. The van der Waals surface area contributed by atoms with E-state index in [1.165, 1.54) is 0 Å². The minimum absolute atomic E-state index is 0.200. The number of hydrogen-bond acceptors (Lipinski definition) is 3. The first-order valence-electron chi connectivity index (χ1n) is 8.40. The van der Waals surface area contributed by atoms with Crippen molar-refractivity contribution in [2.75, 3.05) is 0 Å². The molecular formula is C22H13Cl3O3. The first kappa shape index (κ1) is 18.9. The predicted octanol–water partition coefficient (Wildman–Crippen LogP) is 6.84. The van der Waals surface area contributed by atoms with Gasteiger partial charge in [-0.2, -0.15) is 0 Å². The van der Waals surface area contributed by atoms with Crippen molar-refractivity contribution < 1.29 is 14.3 Å². The summed E-state index contributed by atoms with van der Waals surface area (Å²) in [5, 5.41) is 1.62. The van der Waals surface area contributed by atoms with Crippen LogP contribution in [0.4, 0.5) is 0 Å². The second-order valence-electron chi connectivity index (χ2n) is 6.18. The van der Waals surface area contributed by atoms with Gasteiger partial charge in [0.05, 0.1) is 5.56 Å². The van der Waals surface area contributed by atoms with Gasteiger partial charge in [-0.1, -0.05) is 53.0 Å². The Morgan fingerprint density at radius 1 is 0.929 bits per heavy atom. The van der Waals surface area contributed by atoms with Gasteiger partial charge >= 0.3 is 0 Å². The molecule has 0 aromatic heterocycles. The number of ketones is 1. The van der Waals surface area contributed by atoms with Gasteiger partial charge in [0.1, 0.15) is 18.1 Å². The molecule has 4 rings (SSSR count). The van der Waals surface area contributed by atoms with Crippen LogP contribution in [-0.2, 0) is 6.61 Å². The quantitative estimate of drug-likeness (QED) is 0.424. The van der Waals surface area contributed by atoms with Gasteiger partial charge in [0, 0.05) is 21.1 Å². The molecule has 1 aliphatic heterocycles. The first-order valence-corrected chi connectivity index (χ1v) is 9.53. The highest BCUT2D eigenvalue weighted by molar-refractivity contribution is 6.35. The molecule has 3 aromatic rings. The lowest BCUT2D eigenvalue weighted by atomic mass is 10.1. The molecule has 28 heavy (non-hydrogen) atoms. The zero-order chi connectivity index (χ0) is 19.7. The number of fused-ring (bicyclic) bond motifs is 1. The van der Waals surface area contributed by atoms with Crippen molar-refractivity contribution in [1.29, 1.82) is 0 Å². The van der Waals surface area contributed by atoms with Crippen LogP contribution in [0, 0.1) is 0 Å². The zero-order valence-corrected chi connectivity index (χ0v) is 16.7. The zero-order valence-electron chi connectivity index (χ0n) is 14.4. The van der Waals surface area contributed by atoms with E-state index in [0.717, 1.165) is 5.56 Å². The molecule has 0 saturated carbocycles. The Kier molecular flexibility index (Phi) is 5.31. The maximum Gasteiger partial charge on any atom is 0.231 e. The fourth-order valence-corrected chi connectivity index (χ4v) is 3.49. The molecule has 0 N–H and O–H groups in total. The van der Waals surface area contributed by atoms with E-state index in [4.69, 9.17) is 44.3 Å². The van der Waals surface area contributed by atoms with Crippen LogP contribution in [0.1, 0.15) is 21.5 Å². The van der Waals surface area contributed by atoms with Crippen LogP contribution in [0.5, 0.6) is 11.5 Å². The summed E-state index contributed by atoms with van der Waals surface area (Å²) in [5.41, 5.74) is 2.08. The standard InChI is InChI=1S/C22H13Cl3O3/c23-15-3-1-2-13(8-15)12-27-17-6-7-18-20(11-17)28-21(22(18)26)9-14-4-5-16(24)10-19(14)25/h1-11H,12H2. The third kappa shape index (κ3) is 4.02. The van der Waals surface area contributed by atoms with Crippen molar-refractivity contribution in [3.05, 3.63) is 98.2 Å². The molecule has 3 aromatic carbocycles. The lowest BCUT2D eigenvalue weighted by Crippen LogP contribution is -1.98. The largest absolute Gasteiger partial charge is 0.489 e. The van der Waals surface area contributed by atoms with Crippen LogP contribution in [0.15, 0.2) is 66.4 Å². The van der Waals surface area contributed by atoms with E-state index in [-0.39, 0.29) is 11.5 Å². The summed E-state index contributed by atoms with van der Waals surface area (Å²) in [5.74, 6) is 1.04. The Hall–Kier alpha value is -2.46. The minimum Gasteiger partial charge on any atom is -0.489 e. The fraction of sp³-hybridized carbons (Fsp3) is 0.0455. The number of allylic oxidation sites excluding steroid dienone is 1. The number of carbonyl (C=O) groups is 1. The highest BCUT2D eigenvalue weighted by Gasteiger charge is 2.28. The molecule has 0 unspecified atom stereocenters. The third-order valence-electron chi connectivity index (χ3n) is 4.19. The number of Topliss-reactive ketones (excluding diaryl/α,β-unsaturated/α-hetero) is 1. The Labute approximate surface area is 177 Å². The highest BCUT2D eigenvalue weighted by Crippen LogP contribution is 2.36. The summed E-state index contributed by atoms with van der Waals surface area (Å²) < 4.78 is 11.5. The van der Waals surface area contributed by atoms with Crippen LogP contribution in [0.3, 0.4) is 0 Å². The van der Waals surface area contributed by atoms with E-state index in [1.54, 1.807) is 48.5 Å². The molecule has 0 fully saturated rings. The van der Waals surface area contributed by atoms with Crippen LogP contribution in [0.25, 0.3) is 6.08 Å². The molecule has 0 atom stereocenters. The van der Waals surface area contributed by atoms with Crippen molar-refractivity contribution in [2.45, 2.75) is 6.61 Å². The Morgan fingerprint density at radius 3 is 2.54 bits per heavy atom. The van der Waals surface area contributed by atoms with Gasteiger partial charge in [-0.3, -0.25) is 4.79 Å². The van der Waals surface area contributed by atoms with E-state index in [1.807, 2.05) is 18.2 Å². The molecule has 0 amide bonds. The monoisotopic (exact) mass is 430 g/mol. The van der Waals surface area contributed by atoms with Crippen LogP contribution < -0.4 is 9.47 Å². The average molecular weight is 432 g/mol. The summed E-state index contributed by atoms with van der Waals surface area (Å²) in [6.07, 6.45) is 1.60. The number of carbonyl (C=O) groups excluding carboxylic acids is 1. The minimum atomic E-state index is -0.206. The average Bonchev–Trinajstić information content (AvgIpc) is 2.97. The normalized spacial score (nSPS) is 14.1. The fourth-order valence-electron chi connectivity index (χ4n) is 2.81. The van der Waals surface area contributed by atoms with Crippen molar-refractivity contribution in [3.8, 4) is 11.5 Å². The molecule has 6 heteroatoms. The second kappa shape index (κ2) is 7.88. The molecule has 0 bridgehead atoms. The predicted molar refractivity (Wildman–Crippen MR) is 112 cm³/mol. The molecule has 0 spiro atoms. The summed E-state index contributed by atoms with van der Waals surface area (Å²) in [4.78, 5) is 12.6. The van der Waals surface area contributed by atoms with Gasteiger partial charge in [-0.25, -0.2) is 0 Å². The van der Waals surface area contributed by atoms with E-state index in [2.05, 4.69) is 0 Å². The summed E-state index contributed by atoms with van der Waals surface area (Å²) in [7, 11) is 0. The van der Waals surface area contributed by atoms with Crippen molar-refractivity contribution in [3.63, 3.8) is 0 Å². The van der Waals surface area contributed by atoms with Gasteiger partial charge in [0.15, 0.2) is 5.76 Å². The third-order valence-corrected chi connectivity index (χ3v) is 4.98. The van der Waals surface area contributed by atoms with Gasteiger partial charge in [0.2, 0.25) is 5.78 Å². The lowest BCUT2D eigenvalue weighted by molar-refractivity contribution is 0.101. The van der Waals surface area contributed by atoms with E-state index < -0.39 is 0 Å². The summed E-state index contributed by atoms with van der Waals surface area (Å²) >= 11 is 18.1. The molecule has 1 aliphatic rings. The van der Waals surface area contributed by atoms with Gasteiger partial charge in [-0.15, -0.1) is 0 Å². The van der Waals surface area contributed by atoms with Crippen LogP contribution in [-0.4, -0.2) is 5.78 Å². The molecule has 0 radical (unpaired) electrons. The van der Waals surface area contributed by atoms with Gasteiger partial charge in [-0.05, 0) is 53.6 Å².